The first-order valence-electron chi connectivity index (χ1n) is 10.4. The number of carbonyl (C=O) groups is 1. The van der Waals surface area contributed by atoms with Crippen molar-refractivity contribution >= 4 is 37.9 Å². The summed E-state index contributed by atoms with van der Waals surface area (Å²) in [5.74, 6) is -0.351. The van der Waals surface area contributed by atoms with Crippen LogP contribution in [0, 0.1) is 0 Å². The van der Waals surface area contributed by atoms with Crippen LogP contribution in [0.4, 0.5) is 5.69 Å². The van der Waals surface area contributed by atoms with Crippen molar-refractivity contribution in [2.45, 2.75) is 24.2 Å². The fourth-order valence-corrected chi connectivity index (χ4v) is 6.11. The SMILES string of the molecule is O=C(Nc1ccc(-c2cn3ccsc3n2)cc1)c1cccc(S(=O)(=O)N2CCCCC2)c1. The lowest BCUT2D eigenvalue weighted by atomic mass is 10.1. The maximum atomic E-state index is 12.9. The zero-order chi connectivity index (χ0) is 22.1. The highest BCUT2D eigenvalue weighted by Gasteiger charge is 2.26. The minimum Gasteiger partial charge on any atom is -0.322 e. The second-order valence-electron chi connectivity index (χ2n) is 7.74. The monoisotopic (exact) mass is 466 g/mol. The predicted molar refractivity (Wildman–Crippen MR) is 126 cm³/mol. The van der Waals surface area contributed by atoms with Gasteiger partial charge in [-0.1, -0.05) is 24.6 Å². The number of nitrogens with zero attached hydrogens (tertiary/aromatic N) is 3. The number of nitrogens with one attached hydrogen (secondary N) is 1. The Kier molecular flexibility index (Phi) is 5.54. The summed E-state index contributed by atoms with van der Waals surface area (Å²) in [6.07, 6.45) is 6.71. The second kappa shape index (κ2) is 8.50. The molecule has 4 aromatic rings. The summed E-state index contributed by atoms with van der Waals surface area (Å²) in [4.78, 5) is 18.4. The van der Waals surface area contributed by atoms with E-state index < -0.39 is 10.0 Å². The zero-order valence-electron chi connectivity index (χ0n) is 17.3. The van der Waals surface area contributed by atoms with Crippen molar-refractivity contribution in [3.8, 4) is 11.3 Å². The summed E-state index contributed by atoms with van der Waals surface area (Å²) in [5, 5.41) is 4.83. The molecule has 5 rings (SSSR count). The molecule has 0 saturated carbocycles. The summed E-state index contributed by atoms with van der Waals surface area (Å²) < 4.78 is 29.3. The maximum Gasteiger partial charge on any atom is 0.255 e. The Balaban J connectivity index is 1.31. The molecule has 1 amide bonds. The molecule has 1 aliphatic rings. The molecule has 1 saturated heterocycles. The molecular weight excluding hydrogens is 444 g/mol. The van der Waals surface area contributed by atoms with E-state index in [1.807, 2.05) is 46.4 Å². The van der Waals surface area contributed by atoms with Crippen LogP contribution in [-0.4, -0.2) is 41.1 Å². The molecule has 2 aromatic carbocycles. The van der Waals surface area contributed by atoms with Crippen LogP contribution in [0.25, 0.3) is 16.2 Å². The molecule has 1 N–H and O–H groups in total. The summed E-state index contributed by atoms with van der Waals surface area (Å²) in [6, 6.07) is 13.7. The second-order valence-corrected chi connectivity index (χ2v) is 10.6. The molecular formula is C23H22N4O3S2. The average molecular weight is 467 g/mol. The van der Waals surface area contributed by atoms with Crippen LogP contribution < -0.4 is 5.32 Å². The van der Waals surface area contributed by atoms with E-state index in [9.17, 15) is 13.2 Å². The average Bonchev–Trinajstić information content (AvgIpc) is 3.43. The van der Waals surface area contributed by atoms with Crippen LogP contribution in [0.3, 0.4) is 0 Å². The number of piperidine rings is 1. The van der Waals surface area contributed by atoms with Gasteiger partial charge in [-0.25, -0.2) is 13.4 Å². The molecule has 7 nitrogen and oxygen atoms in total. The van der Waals surface area contributed by atoms with Gasteiger partial charge in [-0.15, -0.1) is 11.3 Å². The van der Waals surface area contributed by atoms with E-state index in [-0.39, 0.29) is 10.8 Å². The number of benzene rings is 2. The molecule has 2 aromatic heterocycles. The molecule has 0 aliphatic carbocycles. The zero-order valence-corrected chi connectivity index (χ0v) is 18.9. The van der Waals surface area contributed by atoms with E-state index >= 15 is 0 Å². The van der Waals surface area contributed by atoms with Gasteiger partial charge in [0.2, 0.25) is 10.0 Å². The largest absolute Gasteiger partial charge is 0.322 e. The van der Waals surface area contributed by atoms with Crippen LogP contribution in [-0.2, 0) is 10.0 Å². The molecule has 0 atom stereocenters. The summed E-state index contributed by atoms with van der Waals surface area (Å²) >= 11 is 1.57. The van der Waals surface area contributed by atoms with E-state index in [0.29, 0.717) is 24.3 Å². The number of sulfonamides is 1. The number of thiazole rings is 1. The van der Waals surface area contributed by atoms with Crippen molar-refractivity contribution in [3.05, 3.63) is 71.9 Å². The third-order valence-corrected chi connectivity index (χ3v) is 8.25. The van der Waals surface area contributed by atoms with Gasteiger partial charge < -0.3 is 5.32 Å². The summed E-state index contributed by atoms with van der Waals surface area (Å²) in [7, 11) is -3.59. The number of imidazole rings is 1. The minimum absolute atomic E-state index is 0.155. The Hall–Kier alpha value is -3.01. The summed E-state index contributed by atoms with van der Waals surface area (Å²) in [6.45, 7) is 1.06. The molecule has 0 radical (unpaired) electrons. The first-order chi connectivity index (χ1) is 15.5. The lowest BCUT2D eigenvalue weighted by molar-refractivity contribution is 0.102. The Morgan fingerprint density at radius 1 is 1.03 bits per heavy atom. The lowest BCUT2D eigenvalue weighted by Crippen LogP contribution is -2.35. The number of amides is 1. The van der Waals surface area contributed by atoms with Gasteiger partial charge in [0.25, 0.3) is 5.91 Å². The first kappa shape index (κ1) is 20.9. The number of hydrogen-bond donors (Lipinski definition) is 1. The van der Waals surface area contributed by atoms with Crippen molar-refractivity contribution in [2.24, 2.45) is 0 Å². The van der Waals surface area contributed by atoms with Crippen molar-refractivity contribution in [1.82, 2.24) is 13.7 Å². The number of fused-ring (bicyclic) bond motifs is 1. The summed E-state index contributed by atoms with van der Waals surface area (Å²) in [5.41, 5.74) is 2.75. The molecule has 0 unspecified atom stereocenters. The molecule has 164 valence electrons. The quantitative estimate of drug-likeness (QED) is 0.470. The van der Waals surface area contributed by atoms with E-state index in [1.54, 1.807) is 29.5 Å². The number of hydrogen-bond acceptors (Lipinski definition) is 5. The van der Waals surface area contributed by atoms with Gasteiger partial charge in [-0.3, -0.25) is 9.20 Å². The number of rotatable bonds is 5. The predicted octanol–water partition coefficient (Wildman–Crippen LogP) is 4.49. The fraction of sp³-hybridized carbons (Fsp3) is 0.217. The molecule has 1 aliphatic heterocycles. The molecule has 0 bridgehead atoms. The van der Waals surface area contributed by atoms with E-state index in [0.717, 1.165) is 35.5 Å². The standard InChI is InChI=1S/C23H22N4O3S2/c28-22(18-5-4-6-20(15-18)32(29,30)27-11-2-1-3-12-27)24-19-9-7-17(8-10-19)21-16-26-13-14-31-23(26)25-21/h4-10,13-16H,1-3,11-12H2,(H,24,28). The number of aromatic nitrogens is 2. The molecule has 32 heavy (non-hydrogen) atoms. The van der Waals surface area contributed by atoms with Crippen LogP contribution in [0.15, 0.2) is 71.2 Å². The number of anilines is 1. The molecule has 9 heteroatoms. The van der Waals surface area contributed by atoms with Gasteiger partial charge in [0.1, 0.15) is 0 Å². The Morgan fingerprint density at radius 3 is 2.56 bits per heavy atom. The van der Waals surface area contributed by atoms with Crippen LogP contribution in [0.2, 0.25) is 0 Å². The van der Waals surface area contributed by atoms with Gasteiger partial charge in [-0.2, -0.15) is 4.31 Å². The van der Waals surface area contributed by atoms with E-state index in [4.69, 9.17) is 0 Å². The normalized spacial score (nSPS) is 15.1. The molecule has 0 spiro atoms. The first-order valence-corrected chi connectivity index (χ1v) is 12.8. The Morgan fingerprint density at radius 2 is 1.81 bits per heavy atom. The highest BCUT2D eigenvalue weighted by Crippen LogP contribution is 2.24. The molecule has 1 fully saturated rings. The smallest absolute Gasteiger partial charge is 0.255 e. The van der Waals surface area contributed by atoms with E-state index in [2.05, 4.69) is 10.3 Å². The topological polar surface area (TPSA) is 83.8 Å². The van der Waals surface area contributed by atoms with Crippen LogP contribution in [0.1, 0.15) is 29.6 Å². The van der Waals surface area contributed by atoms with E-state index in [1.165, 1.54) is 10.4 Å². The fourth-order valence-electron chi connectivity index (χ4n) is 3.85. The van der Waals surface area contributed by atoms with Crippen LogP contribution >= 0.6 is 11.3 Å². The maximum absolute atomic E-state index is 12.9. The lowest BCUT2D eigenvalue weighted by Gasteiger charge is -2.26. The van der Waals surface area contributed by atoms with Gasteiger partial charge in [0.15, 0.2) is 4.96 Å². The Labute approximate surface area is 190 Å². The highest BCUT2D eigenvalue weighted by molar-refractivity contribution is 7.89. The van der Waals surface area contributed by atoms with Crippen molar-refractivity contribution in [1.29, 1.82) is 0 Å². The van der Waals surface area contributed by atoms with Crippen molar-refractivity contribution < 1.29 is 13.2 Å². The van der Waals surface area contributed by atoms with Gasteiger partial charge >= 0.3 is 0 Å². The van der Waals surface area contributed by atoms with Gasteiger partial charge in [0, 0.05) is 47.7 Å². The Bertz CT molecular complexity index is 1340. The van der Waals surface area contributed by atoms with Gasteiger partial charge in [-0.05, 0) is 43.2 Å². The number of carbonyl (C=O) groups excluding carboxylic acids is 1. The van der Waals surface area contributed by atoms with Crippen LogP contribution in [0.5, 0.6) is 0 Å². The minimum atomic E-state index is -3.59. The highest BCUT2D eigenvalue weighted by atomic mass is 32.2. The molecule has 3 heterocycles. The van der Waals surface area contributed by atoms with Gasteiger partial charge in [0.05, 0.1) is 10.6 Å². The third kappa shape index (κ3) is 4.06. The third-order valence-electron chi connectivity index (χ3n) is 5.58. The van der Waals surface area contributed by atoms with Crippen molar-refractivity contribution in [3.63, 3.8) is 0 Å². The van der Waals surface area contributed by atoms with Crippen molar-refractivity contribution in [2.75, 3.05) is 18.4 Å².